The zero-order chi connectivity index (χ0) is 21.8. The Balaban J connectivity index is 1.37. The van der Waals surface area contributed by atoms with Crippen molar-refractivity contribution in [3.63, 3.8) is 0 Å². The predicted molar refractivity (Wildman–Crippen MR) is 120 cm³/mol. The molecule has 0 unspecified atom stereocenters. The number of methoxy groups -OCH3 is 1. The molecule has 3 aromatic carbocycles. The summed E-state index contributed by atoms with van der Waals surface area (Å²) in [5.41, 5.74) is 2.56. The van der Waals surface area contributed by atoms with Crippen LogP contribution in [0.2, 0.25) is 0 Å². The number of nitrogens with zero attached hydrogens (tertiary/aromatic N) is 1. The molecule has 1 saturated heterocycles. The van der Waals surface area contributed by atoms with Crippen LogP contribution in [0.25, 0.3) is 0 Å². The molecule has 0 radical (unpaired) electrons. The lowest BCUT2D eigenvalue weighted by molar-refractivity contribution is -0.122. The van der Waals surface area contributed by atoms with E-state index in [4.69, 9.17) is 9.47 Å². The number of ether oxygens (including phenoxy) is 2. The smallest absolute Gasteiger partial charge is 0.229 e. The summed E-state index contributed by atoms with van der Waals surface area (Å²) in [5.74, 6) is 1.45. The Hall–Kier alpha value is -3.80. The second-order valence-corrected chi connectivity index (χ2v) is 7.54. The van der Waals surface area contributed by atoms with Gasteiger partial charge in [-0.25, -0.2) is 0 Å². The van der Waals surface area contributed by atoms with Crippen LogP contribution in [-0.2, 0) is 9.59 Å². The van der Waals surface area contributed by atoms with Crippen LogP contribution >= 0.6 is 0 Å². The third-order valence-corrected chi connectivity index (χ3v) is 5.24. The largest absolute Gasteiger partial charge is 0.497 e. The number of aryl methyl sites for hydroxylation is 1. The van der Waals surface area contributed by atoms with Crippen molar-refractivity contribution in [3.8, 4) is 17.2 Å². The molecule has 1 heterocycles. The third kappa shape index (κ3) is 4.86. The van der Waals surface area contributed by atoms with Crippen molar-refractivity contribution in [3.05, 3.63) is 78.4 Å². The molecule has 6 heteroatoms. The molecule has 6 nitrogen and oxygen atoms in total. The zero-order valence-electron chi connectivity index (χ0n) is 17.5. The fourth-order valence-electron chi connectivity index (χ4n) is 3.50. The van der Waals surface area contributed by atoms with Gasteiger partial charge >= 0.3 is 0 Å². The van der Waals surface area contributed by atoms with Crippen LogP contribution < -0.4 is 19.7 Å². The lowest BCUT2D eigenvalue weighted by Gasteiger charge is -2.17. The van der Waals surface area contributed by atoms with E-state index in [1.807, 2.05) is 49.4 Å². The minimum absolute atomic E-state index is 0.0738. The molecule has 0 spiro atoms. The number of carbonyl (C=O) groups excluding carboxylic acids is 2. The van der Waals surface area contributed by atoms with Gasteiger partial charge in [-0.05, 0) is 55.5 Å². The van der Waals surface area contributed by atoms with Gasteiger partial charge < -0.3 is 19.7 Å². The van der Waals surface area contributed by atoms with Gasteiger partial charge in [-0.2, -0.15) is 0 Å². The van der Waals surface area contributed by atoms with Gasteiger partial charge in [0.25, 0.3) is 0 Å². The van der Waals surface area contributed by atoms with E-state index in [9.17, 15) is 9.59 Å². The highest BCUT2D eigenvalue weighted by molar-refractivity contribution is 6.03. The van der Waals surface area contributed by atoms with Crippen molar-refractivity contribution in [1.29, 1.82) is 0 Å². The summed E-state index contributed by atoms with van der Waals surface area (Å²) >= 11 is 0. The lowest BCUT2D eigenvalue weighted by atomic mass is 10.1. The molecular formula is C25H24N2O4. The predicted octanol–water partition coefficient (Wildman–Crippen LogP) is 4.79. The molecular weight excluding hydrogens is 392 g/mol. The van der Waals surface area contributed by atoms with Gasteiger partial charge in [0.05, 0.1) is 13.0 Å². The van der Waals surface area contributed by atoms with E-state index in [0.717, 1.165) is 11.4 Å². The molecule has 1 N–H and O–H groups in total. The maximum absolute atomic E-state index is 12.7. The van der Waals surface area contributed by atoms with Gasteiger partial charge in [0.15, 0.2) is 0 Å². The van der Waals surface area contributed by atoms with Crippen molar-refractivity contribution in [2.45, 2.75) is 13.3 Å². The quantitative estimate of drug-likeness (QED) is 0.628. The van der Waals surface area contributed by atoms with E-state index in [2.05, 4.69) is 5.32 Å². The molecule has 1 aliphatic heterocycles. The second kappa shape index (κ2) is 8.92. The van der Waals surface area contributed by atoms with Crippen LogP contribution in [0.5, 0.6) is 17.2 Å². The first-order valence-corrected chi connectivity index (χ1v) is 10.1. The van der Waals surface area contributed by atoms with Gasteiger partial charge in [-0.1, -0.05) is 23.8 Å². The second-order valence-electron chi connectivity index (χ2n) is 7.54. The summed E-state index contributed by atoms with van der Waals surface area (Å²) in [6.45, 7) is 2.36. The molecule has 1 aliphatic rings. The van der Waals surface area contributed by atoms with Crippen molar-refractivity contribution in [2.75, 3.05) is 23.9 Å². The molecule has 0 aromatic heterocycles. The molecule has 1 atom stereocenters. The fourth-order valence-corrected chi connectivity index (χ4v) is 3.50. The number of rotatable bonds is 6. The summed E-state index contributed by atoms with van der Waals surface area (Å²) in [4.78, 5) is 26.8. The highest BCUT2D eigenvalue weighted by Crippen LogP contribution is 2.29. The number of hydrogen-bond donors (Lipinski definition) is 1. The van der Waals surface area contributed by atoms with E-state index in [1.54, 1.807) is 42.3 Å². The SMILES string of the molecule is COc1cccc(N2C[C@H](C(=O)Nc3ccc(Oc4ccc(C)cc4)cc3)CC2=O)c1. The van der Waals surface area contributed by atoms with E-state index in [-0.39, 0.29) is 18.2 Å². The minimum atomic E-state index is -0.415. The van der Waals surface area contributed by atoms with Crippen molar-refractivity contribution < 1.29 is 19.1 Å². The van der Waals surface area contributed by atoms with Crippen LogP contribution in [0.3, 0.4) is 0 Å². The molecule has 0 saturated carbocycles. The van der Waals surface area contributed by atoms with E-state index in [1.165, 1.54) is 5.56 Å². The Morgan fingerprint density at radius 3 is 2.32 bits per heavy atom. The summed E-state index contributed by atoms with van der Waals surface area (Å²) in [6.07, 6.45) is 0.178. The molecule has 31 heavy (non-hydrogen) atoms. The summed E-state index contributed by atoms with van der Waals surface area (Å²) in [6, 6.07) is 22.3. The van der Waals surface area contributed by atoms with Crippen molar-refractivity contribution >= 4 is 23.2 Å². The topological polar surface area (TPSA) is 67.9 Å². The minimum Gasteiger partial charge on any atom is -0.497 e. The average molecular weight is 416 g/mol. The fraction of sp³-hybridized carbons (Fsp3) is 0.200. The first-order valence-electron chi connectivity index (χ1n) is 10.1. The average Bonchev–Trinajstić information content (AvgIpc) is 3.18. The summed E-state index contributed by atoms with van der Waals surface area (Å²) in [5, 5.41) is 2.90. The highest BCUT2D eigenvalue weighted by atomic mass is 16.5. The Bertz CT molecular complexity index is 1080. The van der Waals surface area contributed by atoms with Gasteiger partial charge in [0.1, 0.15) is 17.2 Å². The van der Waals surface area contributed by atoms with Gasteiger partial charge in [-0.3, -0.25) is 9.59 Å². The monoisotopic (exact) mass is 416 g/mol. The van der Waals surface area contributed by atoms with Gasteiger partial charge in [0.2, 0.25) is 11.8 Å². The van der Waals surface area contributed by atoms with E-state index < -0.39 is 5.92 Å². The van der Waals surface area contributed by atoms with Crippen molar-refractivity contribution in [1.82, 2.24) is 0 Å². The van der Waals surface area contributed by atoms with Gasteiger partial charge in [-0.15, -0.1) is 0 Å². The van der Waals surface area contributed by atoms with E-state index in [0.29, 0.717) is 23.7 Å². The van der Waals surface area contributed by atoms with Crippen molar-refractivity contribution in [2.24, 2.45) is 5.92 Å². The Morgan fingerprint density at radius 1 is 0.968 bits per heavy atom. The van der Waals surface area contributed by atoms with Crippen LogP contribution in [0.1, 0.15) is 12.0 Å². The number of anilines is 2. The molecule has 158 valence electrons. The Morgan fingerprint density at radius 2 is 1.65 bits per heavy atom. The summed E-state index contributed by atoms with van der Waals surface area (Å²) < 4.78 is 11.0. The molecule has 0 aliphatic carbocycles. The molecule has 3 aromatic rings. The standard InChI is InChI=1S/C25H24N2O4/c1-17-6-10-21(11-7-17)31-22-12-8-19(9-13-22)26-25(29)18-14-24(28)27(16-18)20-4-3-5-23(15-20)30-2/h3-13,15,18H,14,16H2,1-2H3,(H,26,29)/t18-/m1/s1. The van der Waals surface area contributed by atoms with Crippen LogP contribution in [-0.4, -0.2) is 25.5 Å². The Kier molecular flexibility index (Phi) is 5.89. The number of benzene rings is 3. The normalized spacial score (nSPS) is 15.6. The van der Waals surface area contributed by atoms with Crippen LogP contribution in [0.4, 0.5) is 11.4 Å². The van der Waals surface area contributed by atoms with Crippen LogP contribution in [0.15, 0.2) is 72.8 Å². The van der Waals surface area contributed by atoms with Gasteiger partial charge in [0, 0.05) is 30.4 Å². The maximum atomic E-state index is 12.7. The third-order valence-electron chi connectivity index (χ3n) is 5.24. The zero-order valence-corrected chi connectivity index (χ0v) is 17.5. The highest BCUT2D eigenvalue weighted by Gasteiger charge is 2.35. The first kappa shape index (κ1) is 20.5. The number of nitrogens with one attached hydrogen (secondary N) is 1. The number of hydrogen-bond acceptors (Lipinski definition) is 4. The summed E-state index contributed by atoms with van der Waals surface area (Å²) in [7, 11) is 1.58. The molecule has 1 fully saturated rings. The molecule has 4 rings (SSSR count). The van der Waals surface area contributed by atoms with E-state index >= 15 is 0 Å². The lowest BCUT2D eigenvalue weighted by Crippen LogP contribution is -2.28. The van der Waals surface area contributed by atoms with Crippen LogP contribution in [0, 0.1) is 12.8 Å². The Labute approximate surface area is 181 Å². The first-order chi connectivity index (χ1) is 15.0. The maximum Gasteiger partial charge on any atom is 0.229 e. The number of amides is 2. The molecule has 2 amide bonds. The number of carbonyl (C=O) groups is 2. The molecule has 0 bridgehead atoms.